The van der Waals surface area contributed by atoms with E-state index in [1.54, 1.807) is 36.0 Å². The predicted octanol–water partition coefficient (Wildman–Crippen LogP) is 1.98. The van der Waals surface area contributed by atoms with Gasteiger partial charge in [0.05, 0.1) is 10.9 Å². The molecule has 1 fully saturated rings. The summed E-state index contributed by atoms with van der Waals surface area (Å²) in [6.45, 7) is -0.426. The summed E-state index contributed by atoms with van der Waals surface area (Å²) in [6, 6.07) is 6.84. The van der Waals surface area contributed by atoms with Crippen molar-refractivity contribution in [3.63, 3.8) is 0 Å². The molecule has 102 valence electrons. The summed E-state index contributed by atoms with van der Waals surface area (Å²) in [5, 5.41) is 11.4. The van der Waals surface area contributed by atoms with E-state index in [1.807, 2.05) is 0 Å². The van der Waals surface area contributed by atoms with Crippen molar-refractivity contribution in [1.29, 1.82) is 0 Å². The topological polar surface area (TPSA) is 75.6 Å². The van der Waals surface area contributed by atoms with E-state index in [2.05, 4.69) is 5.32 Å². The highest BCUT2D eigenvalue weighted by atomic mass is 32.2. The van der Waals surface area contributed by atoms with Crippen molar-refractivity contribution in [2.24, 2.45) is 0 Å². The van der Waals surface area contributed by atoms with Crippen molar-refractivity contribution in [2.75, 3.05) is 17.7 Å². The first kappa shape index (κ1) is 13.7. The van der Waals surface area contributed by atoms with Gasteiger partial charge in [-0.2, -0.15) is 0 Å². The standard InChI is InChI=1S/C13H15NO4S/c15-12(16)8-18-10-5-2-1-4-9(10)14-13(17)11-6-3-7-19-11/h1-2,4-5,11H,3,6-8H2,(H,14,17)(H,15,16). The van der Waals surface area contributed by atoms with E-state index in [1.165, 1.54) is 0 Å². The average molecular weight is 281 g/mol. The van der Waals surface area contributed by atoms with Crippen molar-refractivity contribution in [3.8, 4) is 5.75 Å². The molecule has 0 aromatic heterocycles. The fraction of sp³-hybridized carbons (Fsp3) is 0.385. The lowest BCUT2D eigenvalue weighted by Crippen LogP contribution is -2.23. The molecule has 1 saturated heterocycles. The summed E-state index contributed by atoms with van der Waals surface area (Å²) in [5.41, 5.74) is 0.515. The smallest absolute Gasteiger partial charge is 0.341 e. The van der Waals surface area contributed by atoms with Gasteiger partial charge in [0.2, 0.25) is 5.91 Å². The van der Waals surface area contributed by atoms with Crippen LogP contribution in [0, 0.1) is 0 Å². The summed E-state index contributed by atoms with van der Waals surface area (Å²) in [4.78, 5) is 22.5. The van der Waals surface area contributed by atoms with Crippen molar-refractivity contribution in [3.05, 3.63) is 24.3 Å². The molecule has 0 spiro atoms. The largest absolute Gasteiger partial charge is 0.480 e. The zero-order chi connectivity index (χ0) is 13.7. The molecule has 19 heavy (non-hydrogen) atoms. The van der Waals surface area contributed by atoms with Crippen LogP contribution in [0.4, 0.5) is 5.69 Å². The quantitative estimate of drug-likeness (QED) is 0.863. The van der Waals surface area contributed by atoms with Crippen LogP contribution >= 0.6 is 11.8 Å². The van der Waals surface area contributed by atoms with Gasteiger partial charge in [0.1, 0.15) is 5.75 Å². The zero-order valence-electron chi connectivity index (χ0n) is 10.3. The normalized spacial score (nSPS) is 18.0. The van der Waals surface area contributed by atoms with Crippen LogP contribution in [-0.2, 0) is 9.59 Å². The SMILES string of the molecule is O=C(O)COc1ccccc1NC(=O)C1CCCS1. The Labute approximate surface area is 115 Å². The molecule has 1 aromatic carbocycles. The van der Waals surface area contributed by atoms with Gasteiger partial charge in [0.15, 0.2) is 6.61 Å². The molecule has 0 bridgehead atoms. The molecule has 1 unspecified atom stereocenters. The van der Waals surface area contributed by atoms with Gasteiger partial charge in [-0.15, -0.1) is 11.8 Å². The number of carbonyl (C=O) groups is 2. The van der Waals surface area contributed by atoms with E-state index in [0.717, 1.165) is 18.6 Å². The second-order valence-corrected chi connectivity index (χ2v) is 5.48. The Balaban J connectivity index is 2.02. The number of ether oxygens (including phenoxy) is 1. The number of anilines is 1. The number of benzene rings is 1. The van der Waals surface area contributed by atoms with E-state index in [4.69, 9.17) is 9.84 Å². The maximum Gasteiger partial charge on any atom is 0.341 e. The first-order valence-corrected chi connectivity index (χ1v) is 7.08. The number of para-hydroxylation sites is 2. The lowest BCUT2D eigenvalue weighted by Gasteiger charge is -2.13. The van der Waals surface area contributed by atoms with Crippen LogP contribution in [0.25, 0.3) is 0 Å². The van der Waals surface area contributed by atoms with Gasteiger partial charge < -0.3 is 15.2 Å². The number of carbonyl (C=O) groups excluding carboxylic acids is 1. The van der Waals surface area contributed by atoms with Gasteiger partial charge in [0.25, 0.3) is 0 Å². The van der Waals surface area contributed by atoms with E-state index >= 15 is 0 Å². The first-order chi connectivity index (χ1) is 9.16. The molecule has 0 aliphatic carbocycles. The van der Waals surface area contributed by atoms with E-state index in [9.17, 15) is 9.59 Å². The summed E-state index contributed by atoms with van der Waals surface area (Å²) in [7, 11) is 0. The van der Waals surface area contributed by atoms with Crippen LogP contribution in [0.2, 0.25) is 0 Å². The Hall–Kier alpha value is -1.69. The van der Waals surface area contributed by atoms with Gasteiger partial charge >= 0.3 is 5.97 Å². The highest BCUT2D eigenvalue weighted by molar-refractivity contribution is 8.00. The molecule has 1 aromatic rings. The van der Waals surface area contributed by atoms with Crippen molar-refractivity contribution in [1.82, 2.24) is 0 Å². The number of hydrogen-bond donors (Lipinski definition) is 2. The van der Waals surface area contributed by atoms with E-state index in [0.29, 0.717) is 11.4 Å². The van der Waals surface area contributed by atoms with Crippen LogP contribution in [-0.4, -0.2) is 34.6 Å². The molecule has 1 atom stereocenters. The monoisotopic (exact) mass is 281 g/mol. The van der Waals surface area contributed by atoms with Gasteiger partial charge in [-0.1, -0.05) is 12.1 Å². The number of hydrogen-bond acceptors (Lipinski definition) is 4. The van der Waals surface area contributed by atoms with E-state index in [-0.39, 0.29) is 11.2 Å². The van der Waals surface area contributed by atoms with Crippen LogP contribution in [0.3, 0.4) is 0 Å². The third-order valence-electron chi connectivity index (χ3n) is 2.72. The molecule has 1 aliphatic rings. The minimum atomic E-state index is -1.05. The second-order valence-electron chi connectivity index (χ2n) is 4.17. The van der Waals surface area contributed by atoms with Crippen LogP contribution in [0.5, 0.6) is 5.75 Å². The number of carboxylic acid groups (broad SMARTS) is 1. The predicted molar refractivity (Wildman–Crippen MR) is 73.7 cm³/mol. The number of thioether (sulfide) groups is 1. The van der Waals surface area contributed by atoms with Crippen molar-refractivity contribution >= 4 is 29.3 Å². The lowest BCUT2D eigenvalue weighted by atomic mass is 10.2. The number of rotatable bonds is 5. The average Bonchev–Trinajstić information content (AvgIpc) is 2.91. The van der Waals surface area contributed by atoms with Gasteiger partial charge in [-0.3, -0.25) is 4.79 Å². The third-order valence-corrected chi connectivity index (χ3v) is 4.09. The molecular weight excluding hydrogens is 266 g/mol. The minimum Gasteiger partial charge on any atom is -0.480 e. The molecular formula is C13H15NO4S. The fourth-order valence-corrected chi connectivity index (χ4v) is 2.99. The Morgan fingerprint density at radius 2 is 2.21 bits per heavy atom. The zero-order valence-corrected chi connectivity index (χ0v) is 11.1. The maximum atomic E-state index is 12.0. The Kier molecular flexibility index (Phi) is 4.68. The lowest BCUT2D eigenvalue weighted by molar-refractivity contribution is -0.139. The molecule has 0 radical (unpaired) electrons. The summed E-state index contributed by atoms with van der Waals surface area (Å²) in [5.74, 6) is 0.289. The number of amides is 1. The third kappa shape index (κ3) is 3.89. The Morgan fingerprint density at radius 1 is 1.42 bits per heavy atom. The highest BCUT2D eigenvalue weighted by Crippen LogP contribution is 2.29. The molecule has 0 saturated carbocycles. The van der Waals surface area contributed by atoms with Gasteiger partial charge in [-0.05, 0) is 30.7 Å². The van der Waals surface area contributed by atoms with E-state index < -0.39 is 12.6 Å². The molecule has 2 N–H and O–H groups in total. The molecule has 6 heteroatoms. The van der Waals surface area contributed by atoms with Crippen LogP contribution < -0.4 is 10.1 Å². The Morgan fingerprint density at radius 3 is 2.89 bits per heavy atom. The number of aliphatic carboxylic acids is 1. The maximum absolute atomic E-state index is 12.0. The van der Waals surface area contributed by atoms with Crippen LogP contribution in [0.1, 0.15) is 12.8 Å². The molecule has 1 aliphatic heterocycles. The number of nitrogens with one attached hydrogen (secondary N) is 1. The summed E-state index contributed by atoms with van der Waals surface area (Å²) in [6.07, 6.45) is 1.94. The fourth-order valence-electron chi connectivity index (χ4n) is 1.83. The van der Waals surface area contributed by atoms with Gasteiger partial charge in [-0.25, -0.2) is 4.79 Å². The summed E-state index contributed by atoms with van der Waals surface area (Å²) >= 11 is 1.65. The second kappa shape index (κ2) is 6.47. The van der Waals surface area contributed by atoms with Crippen LogP contribution in [0.15, 0.2) is 24.3 Å². The molecule has 2 rings (SSSR count). The summed E-state index contributed by atoms with van der Waals surface area (Å²) < 4.78 is 5.14. The minimum absolute atomic E-state index is 0.0208. The molecule has 5 nitrogen and oxygen atoms in total. The highest BCUT2D eigenvalue weighted by Gasteiger charge is 2.24. The van der Waals surface area contributed by atoms with Gasteiger partial charge in [0, 0.05) is 0 Å². The van der Waals surface area contributed by atoms with Crippen molar-refractivity contribution in [2.45, 2.75) is 18.1 Å². The molecule has 1 amide bonds. The number of carboxylic acids is 1. The molecule has 1 heterocycles. The first-order valence-electron chi connectivity index (χ1n) is 6.03. The van der Waals surface area contributed by atoms with Crippen molar-refractivity contribution < 1.29 is 19.4 Å². The Bertz CT molecular complexity index is 471.